The van der Waals surface area contributed by atoms with Crippen molar-refractivity contribution in [2.24, 2.45) is 0 Å². The molecule has 2 heterocycles. The third-order valence-corrected chi connectivity index (χ3v) is 4.02. The van der Waals surface area contributed by atoms with Gasteiger partial charge in [-0.15, -0.1) is 0 Å². The fourth-order valence-electron chi connectivity index (χ4n) is 3.36. The van der Waals surface area contributed by atoms with Crippen LogP contribution in [0, 0.1) is 0 Å². The molecule has 0 aliphatic carbocycles. The normalized spacial score (nSPS) is 34.2. The molecule has 0 radical (unpaired) electrons. The maximum absolute atomic E-state index is 4.06. The van der Waals surface area contributed by atoms with Gasteiger partial charge in [0.2, 0.25) is 0 Å². The van der Waals surface area contributed by atoms with E-state index in [-0.39, 0.29) is 0 Å². The van der Waals surface area contributed by atoms with Crippen LogP contribution in [0.1, 0.15) is 46.0 Å². The Bertz CT molecular complexity index is 235. The van der Waals surface area contributed by atoms with Gasteiger partial charge in [0.1, 0.15) is 0 Å². The van der Waals surface area contributed by atoms with E-state index in [2.05, 4.69) is 30.6 Å². The molecule has 0 aromatic carbocycles. The summed E-state index contributed by atoms with van der Waals surface area (Å²) >= 11 is 0. The highest BCUT2D eigenvalue weighted by Gasteiger charge is 2.39. The van der Waals surface area contributed by atoms with E-state index in [1.165, 1.54) is 44.2 Å². The number of hydrogen-bond donors (Lipinski definition) is 1. The Morgan fingerprint density at radius 2 is 1.94 bits per heavy atom. The van der Waals surface area contributed by atoms with Gasteiger partial charge in [-0.2, -0.15) is 0 Å². The van der Waals surface area contributed by atoms with Gasteiger partial charge in [-0.25, -0.2) is 0 Å². The van der Waals surface area contributed by atoms with Gasteiger partial charge in [0.15, 0.2) is 0 Å². The van der Waals surface area contributed by atoms with E-state index in [1.807, 2.05) is 0 Å². The molecule has 2 aliphatic rings. The number of piperidine rings is 1. The summed E-state index contributed by atoms with van der Waals surface area (Å²) in [6.45, 7) is 10.8. The topological polar surface area (TPSA) is 15.3 Å². The molecule has 0 aromatic heterocycles. The smallest absolute Gasteiger partial charge is 0.0193 e. The fourth-order valence-corrected chi connectivity index (χ4v) is 3.36. The molecule has 0 spiro atoms. The lowest BCUT2D eigenvalue weighted by Crippen LogP contribution is -2.49. The van der Waals surface area contributed by atoms with Gasteiger partial charge in [-0.3, -0.25) is 4.90 Å². The number of fused-ring (bicyclic) bond motifs is 2. The van der Waals surface area contributed by atoms with Crippen molar-refractivity contribution in [3.63, 3.8) is 0 Å². The molecule has 0 amide bonds. The van der Waals surface area contributed by atoms with Crippen LogP contribution in [0.25, 0.3) is 0 Å². The first-order valence-electron chi connectivity index (χ1n) is 6.84. The standard InChI is InChI=1S/C14H26N2/c1-4-7-15-12-8-13-5-6-14(9-12)16(13)10-11(2)3/h12-15H,2,4-10H2,1,3H3. The van der Waals surface area contributed by atoms with Gasteiger partial charge < -0.3 is 5.32 Å². The molecule has 0 saturated carbocycles. The van der Waals surface area contributed by atoms with Gasteiger partial charge >= 0.3 is 0 Å². The highest BCUT2D eigenvalue weighted by Crippen LogP contribution is 2.35. The molecular formula is C14H26N2. The number of nitrogens with zero attached hydrogens (tertiary/aromatic N) is 1. The summed E-state index contributed by atoms with van der Waals surface area (Å²) in [7, 11) is 0. The molecule has 2 heteroatoms. The molecule has 92 valence electrons. The summed E-state index contributed by atoms with van der Waals surface area (Å²) in [5.41, 5.74) is 1.32. The largest absolute Gasteiger partial charge is 0.314 e. The molecule has 1 N–H and O–H groups in total. The molecular weight excluding hydrogens is 196 g/mol. The van der Waals surface area contributed by atoms with Gasteiger partial charge in [-0.1, -0.05) is 19.1 Å². The molecule has 2 bridgehead atoms. The van der Waals surface area contributed by atoms with E-state index in [4.69, 9.17) is 0 Å². The van der Waals surface area contributed by atoms with Crippen molar-refractivity contribution < 1.29 is 0 Å². The van der Waals surface area contributed by atoms with Crippen molar-refractivity contribution >= 4 is 0 Å². The number of nitrogens with one attached hydrogen (secondary N) is 1. The Kier molecular flexibility index (Phi) is 4.04. The van der Waals surface area contributed by atoms with E-state index in [0.717, 1.165) is 24.7 Å². The predicted molar refractivity (Wildman–Crippen MR) is 69.6 cm³/mol. The third kappa shape index (κ3) is 2.67. The second-order valence-electron chi connectivity index (χ2n) is 5.64. The highest BCUT2D eigenvalue weighted by molar-refractivity contribution is 5.03. The number of hydrogen-bond acceptors (Lipinski definition) is 2. The molecule has 2 nitrogen and oxygen atoms in total. The van der Waals surface area contributed by atoms with Crippen molar-refractivity contribution in [2.45, 2.75) is 64.1 Å². The SMILES string of the molecule is C=C(C)CN1C2CCC1CC(NCCC)C2. The van der Waals surface area contributed by atoms with Crippen LogP contribution in [-0.4, -0.2) is 36.1 Å². The van der Waals surface area contributed by atoms with E-state index < -0.39 is 0 Å². The summed E-state index contributed by atoms with van der Waals surface area (Å²) < 4.78 is 0. The number of rotatable bonds is 5. The molecule has 2 fully saturated rings. The molecule has 0 aromatic rings. The summed E-state index contributed by atoms with van der Waals surface area (Å²) in [6.07, 6.45) is 6.76. The van der Waals surface area contributed by atoms with E-state index in [1.54, 1.807) is 0 Å². The predicted octanol–water partition coefficient (Wildman–Crippen LogP) is 2.56. The summed E-state index contributed by atoms with van der Waals surface area (Å²) in [6, 6.07) is 2.42. The fraction of sp³-hybridized carbons (Fsp3) is 0.857. The van der Waals surface area contributed by atoms with E-state index in [9.17, 15) is 0 Å². The maximum atomic E-state index is 4.06. The molecule has 2 atom stereocenters. The Hall–Kier alpha value is -0.340. The zero-order chi connectivity index (χ0) is 11.5. The maximum Gasteiger partial charge on any atom is 0.0193 e. The van der Waals surface area contributed by atoms with Crippen molar-refractivity contribution in [3.05, 3.63) is 12.2 Å². The molecule has 2 unspecified atom stereocenters. The molecule has 2 aliphatic heterocycles. The van der Waals surface area contributed by atoms with Gasteiger partial charge in [-0.05, 0) is 45.6 Å². The molecule has 2 saturated heterocycles. The van der Waals surface area contributed by atoms with Crippen LogP contribution in [-0.2, 0) is 0 Å². The lowest BCUT2D eigenvalue weighted by molar-refractivity contribution is 0.128. The van der Waals surface area contributed by atoms with E-state index >= 15 is 0 Å². The molecule has 2 rings (SSSR count). The summed E-state index contributed by atoms with van der Waals surface area (Å²) in [4.78, 5) is 2.70. The van der Waals surface area contributed by atoms with Crippen LogP contribution in [0.15, 0.2) is 12.2 Å². The Balaban J connectivity index is 1.88. The van der Waals surface area contributed by atoms with E-state index in [0.29, 0.717) is 0 Å². The van der Waals surface area contributed by atoms with Crippen LogP contribution in [0.5, 0.6) is 0 Å². The first-order valence-corrected chi connectivity index (χ1v) is 6.84. The molecule has 16 heavy (non-hydrogen) atoms. The first kappa shape index (κ1) is 12.1. The Morgan fingerprint density at radius 1 is 1.31 bits per heavy atom. The lowest BCUT2D eigenvalue weighted by Gasteiger charge is -2.39. The van der Waals surface area contributed by atoms with Gasteiger partial charge in [0, 0.05) is 24.7 Å². The second-order valence-corrected chi connectivity index (χ2v) is 5.64. The van der Waals surface area contributed by atoms with Gasteiger partial charge in [0.25, 0.3) is 0 Å². The quantitative estimate of drug-likeness (QED) is 0.719. The Morgan fingerprint density at radius 3 is 2.44 bits per heavy atom. The van der Waals surface area contributed by atoms with Crippen LogP contribution >= 0.6 is 0 Å². The lowest BCUT2D eigenvalue weighted by atomic mass is 9.96. The first-order chi connectivity index (χ1) is 7.70. The highest BCUT2D eigenvalue weighted by atomic mass is 15.2. The van der Waals surface area contributed by atoms with Crippen molar-refractivity contribution in [3.8, 4) is 0 Å². The average Bonchev–Trinajstić information content (AvgIpc) is 2.50. The average molecular weight is 222 g/mol. The van der Waals surface area contributed by atoms with Crippen molar-refractivity contribution in [1.82, 2.24) is 10.2 Å². The summed E-state index contributed by atoms with van der Waals surface area (Å²) in [5.74, 6) is 0. The van der Waals surface area contributed by atoms with Crippen LogP contribution in [0.3, 0.4) is 0 Å². The third-order valence-electron chi connectivity index (χ3n) is 4.02. The summed E-state index contributed by atoms with van der Waals surface area (Å²) in [5, 5.41) is 3.70. The monoisotopic (exact) mass is 222 g/mol. The van der Waals surface area contributed by atoms with Crippen LogP contribution < -0.4 is 5.32 Å². The Labute approximate surface area is 100 Å². The van der Waals surface area contributed by atoms with Crippen molar-refractivity contribution in [2.75, 3.05) is 13.1 Å². The van der Waals surface area contributed by atoms with Crippen LogP contribution in [0.2, 0.25) is 0 Å². The van der Waals surface area contributed by atoms with Gasteiger partial charge in [0.05, 0.1) is 0 Å². The zero-order valence-corrected chi connectivity index (χ0v) is 10.8. The minimum Gasteiger partial charge on any atom is -0.314 e. The second kappa shape index (κ2) is 5.33. The minimum atomic E-state index is 0.777. The zero-order valence-electron chi connectivity index (χ0n) is 10.8. The van der Waals surface area contributed by atoms with Crippen molar-refractivity contribution in [1.29, 1.82) is 0 Å². The minimum absolute atomic E-state index is 0.777. The van der Waals surface area contributed by atoms with Crippen LogP contribution in [0.4, 0.5) is 0 Å².